The first-order valence-corrected chi connectivity index (χ1v) is 0. The summed E-state index contributed by atoms with van der Waals surface area (Å²) in [6, 6.07) is 0. The van der Waals surface area contributed by atoms with Gasteiger partial charge in [0.05, 0.1) is 0 Å². The fourth-order valence-corrected chi connectivity index (χ4v) is 0. The molecule has 53 heavy (non-hydrogen) atoms. The molecule has 0 saturated heterocycles. The summed E-state index contributed by atoms with van der Waals surface area (Å²) in [5.74, 6) is 0. The summed E-state index contributed by atoms with van der Waals surface area (Å²) in [6.07, 6.45) is 0. The Kier molecular flexibility index (Phi) is 6420. The molecule has 0 aliphatic heterocycles. The summed E-state index contributed by atoms with van der Waals surface area (Å²) in [6.45, 7) is 0. The van der Waals surface area contributed by atoms with Crippen molar-refractivity contribution in [3.63, 3.8) is 0 Å². The third-order valence-corrected chi connectivity index (χ3v) is 0. The molecule has 0 spiro atoms. The molecular formula is C2H106F5I5K5NP4S15V8WY7. The van der Waals surface area contributed by atoms with Crippen molar-refractivity contribution in [2.24, 2.45) is 0 Å². The Morgan fingerprint density at radius 3 is 0.264 bits per heavy atom. The molecule has 0 aliphatic carbocycles. The van der Waals surface area contributed by atoms with E-state index in [0.717, 1.165) is 0 Å². The minimum atomic E-state index is 0. The van der Waals surface area contributed by atoms with Gasteiger partial charge in [0.2, 0.25) is 0 Å². The van der Waals surface area contributed by atoms with E-state index in [4.69, 9.17) is 0 Å². The first-order chi connectivity index (χ1) is 0. The minimum Gasteiger partial charge on any atom is -1.00 e. The minimum absolute atomic E-state index is 0. The summed E-state index contributed by atoms with van der Waals surface area (Å²) in [4.78, 5) is 0. The molecule has 1 nitrogen and oxygen atoms in total. The quantitative estimate of drug-likeness (QED) is 0.123. The van der Waals surface area contributed by atoms with Crippen LogP contribution in [0.5, 0.6) is 0 Å². The SMILES string of the molecule is C.C.F.F.F.F.F.I.I.I.I.I.N.P.P.P.P.S.S.S.S.S.S.S.S.S.S.S.S.S.S.S.[2HH].[2HH].[2HH].[2HH].[2HH].[2HH].[3HH].[3HH].[3HH].[3HH].[3HH].[3HH].[3HH].[3HH].[3HH].[3HH].[3HH].[H-].[H-].[H-].[H-].[H-].[HH].[HH].[K+].[K+].[K+].[K+].[K+].[V].[V].[V].[V].[V].[V].[V].[V].[W].[Y].[Y].[Y].[Y].[Y].[Y].[Y]. The summed E-state index contributed by atoms with van der Waals surface area (Å²) >= 11 is 0. The second-order valence-corrected chi connectivity index (χ2v) is 0. The molecule has 0 aromatic carbocycles. The predicted molar refractivity (Wildman–Crippen MR) is 354 cm³/mol. The Morgan fingerprint density at radius 2 is 0.264 bits per heavy atom. The van der Waals surface area contributed by atoms with Gasteiger partial charge in [-0.05, 0) is 0 Å². The van der Waals surface area contributed by atoms with Crippen LogP contribution in [0.25, 0.3) is 0 Å². The molecule has 0 amide bonds. The van der Waals surface area contributed by atoms with Crippen LogP contribution in [0.1, 0.15) is 49.1 Å². The standard InChI is InChI=1S/2CH4.5FH.5HI.5K.H3N.4H3P.15H2S.8V.W.7Y.19H2.5H/h2*1H4;10*1H;;;;;;5*1H3;15*1H2;;;;;;;;;;;;;;;;;19*1H;;;;;/q;;;;;;;;;;;;5*+1;;;;;;;;;;;;;;;;;;;;;;;;;;;;;;;;;;;;;;;;;;;;;;;;;;;;;;;;5*-1/i;;;;;;;;;;;;;;;;;;;;;;;;;;;;;;;;;;;;;;;;;;;;;;;;;;;;;11*1+2;6*1+1;;;;;;;. The smallest absolute Gasteiger partial charge is 1.00 e. The topological polar surface area (TPSA) is 35.0 Å². The van der Waals surface area contributed by atoms with Crippen molar-refractivity contribution in [2.75, 3.05) is 0 Å². The van der Waals surface area contributed by atoms with Crippen LogP contribution in [0.4, 0.5) is 23.5 Å². The van der Waals surface area contributed by atoms with E-state index in [9.17, 15) is 0 Å². The van der Waals surface area contributed by atoms with Gasteiger partial charge in [-0.15, -0.1) is 120 Å². The number of halogens is 10. The Morgan fingerprint density at radius 1 is 0.264 bits per heavy atom. The molecule has 0 fully saturated rings. The van der Waals surface area contributed by atoms with Crippen molar-refractivity contribution >= 4 is 362 Å². The van der Waals surface area contributed by atoms with Gasteiger partial charge in [0.1, 0.15) is 0 Å². The Labute approximate surface area is 1060 Å². The van der Waals surface area contributed by atoms with Gasteiger partial charge in [-0.2, -0.15) is 242 Å². The fraction of sp³-hybridized carbons (Fsp3) is 1.00. The zero-order valence-electron chi connectivity index (χ0n) is 33.1. The van der Waals surface area contributed by atoms with Crippen molar-refractivity contribution in [1.29, 1.82) is 0 Å². The van der Waals surface area contributed by atoms with E-state index in [1.54, 1.807) is 0 Å². The molecule has 0 rings (SSSR count). The Balaban J connectivity index is 0. The van der Waals surface area contributed by atoms with Gasteiger partial charge in [-0.25, -0.2) is 0 Å². The van der Waals surface area contributed by atoms with E-state index in [1.807, 2.05) is 0 Å². The largest absolute Gasteiger partial charge is 1.00 e. The van der Waals surface area contributed by atoms with Crippen LogP contribution in [-0.2, 0) is 398 Å². The summed E-state index contributed by atoms with van der Waals surface area (Å²) < 4.78 is 0. The molecule has 4 atom stereocenters. The van der Waals surface area contributed by atoms with E-state index in [0.29, 0.717) is 0 Å². The molecular weight excluding hydrogens is 2780 g/mol. The van der Waals surface area contributed by atoms with Gasteiger partial charge in [0, 0.05) is 426 Å². The van der Waals surface area contributed by atoms with Gasteiger partial charge >= 0.3 is 257 Å². The van der Waals surface area contributed by atoms with Crippen LogP contribution < -0.4 is 263 Å². The maximum absolute atomic E-state index is 0. The molecule has 0 bridgehead atoms. The van der Waals surface area contributed by atoms with Crippen molar-refractivity contribution in [3.05, 3.63) is 0 Å². The van der Waals surface area contributed by atoms with Crippen molar-refractivity contribution in [2.45, 2.75) is 14.9 Å². The second kappa shape index (κ2) is 573. The third-order valence-electron chi connectivity index (χ3n) is 0. The molecule has 0 saturated carbocycles. The van der Waals surface area contributed by atoms with Crippen molar-refractivity contribution < 1.29 is 713 Å². The van der Waals surface area contributed by atoms with Crippen LogP contribution in [0.3, 0.4) is 0 Å². The summed E-state index contributed by atoms with van der Waals surface area (Å²) in [5, 5.41) is 0. The van der Waals surface area contributed by atoms with Crippen LogP contribution in [-0.4, -0.2) is 0 Å². The zero-order chi connectivity index (χ0) is 0. The van der Waals surface area contributed by atoms with Gasteiger partial charge in [-0.3, -0.25) is 23.5 Å². The van der Waals surface area contributed by atoms with E-state index in [2.05, 4.69) is 0 Å². The third kappa shape index (κ3) is 559. The molecule has 0 aromatic rings. The number of hydrogen-bond donors (Lipinski definition) is 1. The average molecular weight is 2920 g/mol. The first-order valence-electron chi connectivity index (χ1n) is 0. The van der Waals surface area contributed by atoms with Crippen LogP contribution in [0.15, 0.2) is 0 Å². The van der Waals surface area contributed by atoms with Gasteiger partial charge in [0.15, 0.2) is 0 Å². The monoisotopic (exact) mass is 2910 g/mol. The Bertz CT molecular complexity index is 225. The average Bonchev–Trinajstić information content (AvgIpc) is 0. The second-order valence-electron chi connectivity index (χ2n) is 0. The van der Waals surface area contributed by atoms with Crippen LogP contribution in [0.2, 0.25) is 0 Å². The molecule has 4 unspecified atom stereocenters. The first kappa shape index (κ1) is 594. The molecule has 3 N–H and O–H groups in total. The molecule has 0 aromatic heterocycles. The zero-order valence-corrected chi connectivity index (χ0v) is 110. The maximum atomic E-state index is 0. The number of rotatable bonds is 0. The number of hydrogen-bond acceptors (Lipinski definition) is 1. The van der Waals surface area contributed by atoms with E-state index in [-0.39, 0.29) is 1100 Å². The van der Waals surface area contributed by atoms with Crippen LogP contribution in [0, 0.1) is 0 Å². The van der Waals surface area contributed by atoms with Gasteiger partial charge < -0.3 is 13.3 Å². The van der Waals surface area contributed by atoms with Gasteiger partial charge in [0.25, 0.3) is 0 Å². The van der Waals surface area contributed by atoms with Crippen molar-refractivity contribution in [1.82, 2.24) is 6.15 Å². The Hall–Kier alpha value is 31.5. The van der Waals surface area contributed by atoms with E-state index in [1.165, 1.54) is 0 Å². The predicted octanol–water partition coefficient (Wildman–Crippen LogP) is -2.57. The molecule has 0 aliphatic rings. The fourth-order valence-electron chi connectivity index (χ4n) is 0. The van der Waals surface area contributed by atoms with Crippen LogP contribution >= 0.6 is 362 Å². The molecule has 51 heteroatoms. The summed E-state index contributed by atoms with van der Waals surface area (Å²) in [5.41, 5.74) is 0. The normalized spacial score (nSPS) is 0. The molecule has 0 heterocycles. The van der Waals surface area contributed by atoms with Gasteiger partial charge in [-0.1, -0.05) is 14.9 Å². The summed E-state index contributed by atoms with van der Waals surface area (Å²) in [7, 11) is 0. The van der Waals surface area contributed by atoms with Crippen molar-refractivity contribution in [3.8, 4) is 0 Å². The van der Waals surface area contributed by atoms with E-state index >= 15 is 0 Å². The maximum Gasteiger partial charge on any atom is 1.00 e. The van der Waals surface area contributed by atoms with E-state index < -0.39 is 0 Å². The molecule has 15 radical (unpaired) electrons. The molecule has 371 valence electrons.